The van der Waals surface area contributed by atoms with Crippen LogP contribution < -0.4 is 15.6 Å². The summed E-state index contributed by atoms with van der Waals surface area (Å²) in [5.41, 5.74) is 1.31. The quantitative estimate of drug-likeness (QED) is 0.244. The van der Waals surface area contributed by atoms with Crippen LogP contribution in [-0.4, -0.2) is 32.8 Å². The van der Waals surface area contributed by atoms with Gasteiger partial charge in [-0.2, -0.15) is 0 Å². The average molecular weight is 467 g/mol. The van der Waals surface area contributed by atoms with Crippen molar-refractivity contribution in [1.29, 1.82) is 0 Å². The molecule has 0 spiro atoms. The van der Waals surface area contributed by atoms with Gasteiger partial charge in [0, 0.05) is 6.20 Å². The van der Waals surface area contributed by atoms with Crippen LogP contribution in [0.1, 0.15) is 6.92 Å². The van der Waals surface area contributed by atoms with E-state index in [4.69, 9.17) is 16.3 Å². The van der Waals surface area contributed by atoms with Crippen LogP contribution in [0.4, 0.5) is 5.69 Å². The molecule has 2 heterocycles. The topological polar surface area (TPSA) is 86.1 Å². The van der Waals surface area contributed by atoms with Gasteiger partial charge >= 0.3 is 0 Å². The molecule has 0 atom stereocenters. The van der Waals surface area contributed by atoms with Gasteiger partial charge in [-0.15, -0.1) is 0 Å². The molecule has 2 aromatic heterocycles. The highest BCUT2D eigenvalue weighted by atomic mass is 35.5. The molecule has 2 aromatic carbocycles. The van der Waals surface area contributed by atoms with E-state index in [1.54, 1.807) is 48.7 Å². The van der Waals surface area contributed by atoms with Crippen LogP contribution in [0.2, 0.25) is 5.15 Å². The lowest BCUT2D eigenvalue weighted by Gasteiger charge is -2.16. The Morgan fingerprint density at radius 1 is 1.12 bits per heavy atom. The maximum absolute atomic E-state index is 13.4. The molecule has 0 unspecified atom stereocenters. The molecule has 0 fully saturated rings. The van der Waals surface area contributed by atoms with Crippen molar-refractivity contribution in [2.75, 3.05) is 17.7 Å². The number of nitrogens with one attached hydrogen (secondary N) is 1. The first-order chi connectivity index (χ1) is 15.6. The van der Waals surface area contributed by atoms with Gasteiger partial charge in [-0.1, -0.05) is 47.6 Å². The van der Waals surface area contributed by atoms with E-state index in [0.717, 1.165) is 11.8 Å². The standard InChI is InChI=1S/C23H19ClN4O3S/c1-2-31-19-12-6-5-11-18(19)28-22(30)15-8-3-4-9-16(15)27-23(28)32-14-20(29)26-17-10-7-13-25-21(17)24/h3-13H,2,14H2,1H3,(H,26,29). The molecule has 0 aliphatic heterocycles. The zero-order chi connectivity index (χ0) is 22.5. The predicted octanol–water partition coefficient (Wildman–Crippen LogP) is 4.56. The van der Waals surface area contributed by atoms with Gasteiger partial charge in [-0.25, -0.2) is 9.97 Å². The Morgan fingerprint density at radius 2 is 1.91 bits per heavy atom. The molecular formula is C23H19ClN4O3S. The number of carbonyl (C=O) groups excluding carboxylic acids is 1. The molecule has 32 heavy (non-hydrogen) atoms. The van der Waals surface area contributed by atoms with Crippen LogP contribution in [0, 0.1) is 0 Å². The minimum Gasteiger partial charge on any atom is -0.492 e. The number of amides is 1. The molecule has 7 nitrogen and oxygen atoms in total. The van der Waals surface area contributed by atoms with Crippen molar-refractivity contribution in [3.63, 3.8) is 0 Å². The third-order valence-electron chi connectivity index (χ3n) is 4.52. The van der Waals surface area contributed by atoms with Gasteiger partial charge in [0.1, 0.15) is 5.75 Å². The number of benzene rings is 2. The fourth-order valence-electron chi connectivity index (χ4n) is 3.14. The predicted molar refractivity (Wildman–Crippen MR) is 127 cm³/mol. The number of anilines is 1. The normalized spacial score (nSPS) is 10.8. The molecule has 1 amide bonds. The number of pyridine rings is 1. The molecular weight excluding hydrogens is 448 g/mol. The second-order valence-electron chi connectivity index (χ2n) is 6.63. The molecule has 0 aliphatic carbocycles. The monoisotopic (exact) mass is 466 g/mol. The molecule has 0 saturated heterocycles. The number of aromatic nitrogens is 3. The van der Waals surface area contributed by atoms with E-state index >= 15 is 0 Å². The minimum atomic E-state index is -0.294. The summed E-state index contributed by atoms with van der Waals surface area (Å²) in [6.45, 7) is 2.32. The third kappa shape index (κ3) is 4.61. The molecule has 4 rings (SSSR count). The molecule has 9 heteroatoms. The largest absolute Gasteiger partial charge is 0.492 e. The first-order valence-corrected chi connectivity index (χ1v) is 11.2. The molecule has 4 aromatic rings. The average Bonchev–Trinajstić information content (AvgIpc) is 2.80. The van der Waals surface area contributed by atoms with Crippen molar-refractivity contribution in [1.82, 2.24) is 14.5 Å². The van der Waals surface area contributed by atoms with E-state index in [0.29, 0.717) is 39.8 Å². The summed E-state index contributed by atoms with van der Waals surface area (Å²) >= 11 is 7.17. The van der Waals surface area contributed by atoms with E-state index in [1.165, 1.54) is 4.57 Å². The number of hydrogen-bond donors (Lipinski definition) is 1. The summed E-state index contributed by atoms with van der Waals surface area (Å²) < 4.78 is 7.22. The molecule has 0 bridgehead atoms. The Morgan fingerprint density at radius 3 is 2.72 bits per heavy atom. The highest BCUT2D eigenvalue weighted by Gasteiger charge is 2.18. The van der Waals surface area contributed by atoms with E-state index < -0.39 is 0 Å². The van der Waals surface area contributed by atoms with Crippen LogP contribution in [0.25, 0.3) is 16.6 Å². The number of fused-ring (bicyclic) bond motifs is 1. The number of rotatable bonds is 7. The van der Waals surface area contributed by atoms with Gasteiger partial charge in [-0.05, 0) is 43.3 Å². The third-order valence-corrected chi connectivity index (χ3v) is 5.76. The summed E-state index contributed by atoms with van der Waals surface area (Å²) in [6, 6.07) is 17.7. The first-order valence-electron chi connectivity index (χ1n) is 9.85. The number of thioether (sulfide) groups is 1. The Balaban J connectivity index is 1.72. The zero-order valence-corrected chi connectivity index (χ0v) is 18.7. The minimum absolute atomic E-state index is 0.0206. The molecule has 0 aliphatic rings. The smallest absolute Gasteiger partial charge is 0.266 e. The number of hydrogen-bond acceptors (Lipinski definition) is 6. The van der Waals surface area contributed by atoms with Crippen molar-refractivity contribution in [3.05, 3.63) is 82.4 Å². The molecule has 0 radical (unpaired) electrons. The molecule has 1 N–H and O–H groups in total. The van der Waals surface area contributed by atoms with Crippen LogP contribution >= 0.6 is 23.4 Å². The highest BCUT2D eigenvalue weighted by Crippen LogP contribution is 2.27. The number of nitrogens with zero attached hydrogens (tertiary/aromatic N) is 3. The first kappa shape index (κ1) is 21.9. The van der Waals surface area contributed by atoms with E-state index in [1.807, 2.05) is 25.1 Å². The number of para-hydroxylation sites is 3. The summed E-state index contributed by atoms with van der Waals surface area (Å²) in [5.74, 6) is 0.284. The van der Waals surface area contributed by atoms with Gasteiger partial charge in [0.25, 0.3) is 5.56 Å². The highest BCUT2D eigenvalue weighted by molar-refractivity contribution is 7.99. The van der Waals surface area contributed by atoms with Crippen LogP contribution in [0.5, 0.6) is 5.75 Å². The fourth-order valence-corrected chi connectivity index (χ4v) is 4.11. The lowest BCUT2D eigenvalue weighted by atomic mass is 10.2. The Labute approximate surface area is 193 Å². The second-order valence-corrected chi connectivity index (χ2v) is 7.93. The maximum Gasteiger partial charge on any atom is 0.266 e. The summed E-state index contributed by atoms with van der Waals surface area (Å²) in [5, 5.41) is 3.80. The van der Waals surface area contributed by atoms with Crippen molar-refractivity contribution >= 4 is 45.9 Å². The van der Waals surface area contributed by atoms with Crippen LogP contribution in [0.3, 0.4) is 0 Å². The van der Waals surface area contributed by atoms with Gasteiger partial charge in [0.15, 0.2) is 10.3 Å². The molecule has 0 saturated carbocycles. The van der Waals surface area contributed by atoms with Gasteiger partial charge in [-0.3, -0.25) is 14.2 Å². The number of ether oxygens (including phenoxy) is 1. The van der Waals surface area contributed by atoms with Crippen LogP contribution in [-0.2, 0) is 4.79 Å². The molecule has 162 valence electrons. The Hall–Kier alpha value is -3.36. The van der Waals surface area contributed by atoms with E-state index in [-0.39, 0.29) is 22.4 Å². The maximum atomic E-state index is 13.4. The van der Waals surface area contributed by atoms with Gasteiger partial charge in [0.2, 0.25) is 5.91 Å². The summed E-state index contributed by atoms with van der Waals surface area (Å²) in [6.07, 6.45) is 1.54. The number of halogens is 1. The van der Waals surface area contributed by atoms with Crippen molar-refractivity contribution in [2.45, 2.75) is 12.1 Å². The second kappa shape index (κ2) is 9.84. The fraction of sp³-hybridized carbons (Fsp3) is 0.130. The van der Waals surface area contributed by atoms with E-state index in [2.05, 4.69) is 15.3 Å². The zero-order valence-electron chi connectivity index (χ0n) is 17.1. The van der Waals surface area contributed by atoms with Crippen molar-refractivity contribution in [3.8, 4) is 11.4 Å². The van der Waals surface area contributed by atoms with Crippen molar-refractivity contribution in [2.24, 2.45) is 0 Å². The Kier molecular flexibility index (Phi) is 6.72. The lowest BCUT2D eigenvalue weighted by Crippen LogP contribution is -2.23. The van der Waals surface area contributed by atoms with Crippen molar-refractivity contribution < 1.29 is 9.53 Å². The van der Waals surface area contributed by atoms with E-state index in [9.17, 15) is 9.59 Å². The summed E-state index contributed by atoms with van der Waals surface area (Å²) in [7, 11) is 0. The SMILES string of the molecule is CCOc1ccccc1-n1c(SCC(=O)Nc2cccnc2Cl)nc2ccccc2c1=O. The summed E-state index contributed by atoms with van der Waals surface area (Å²) in [4.78, 5) is 34.6. The van der Waals surface area contributed by atoms with Gasteiger partial charge in [0.05, 0.1) is 34.6 Å². The Bertz CT molecular complexity index is 1340. The van der Waals surface area contributed by atoms with Crippen LogP contribution in [0.15, 0.2) is 76.8 Å². The number of carbonyl (C=O) groups is 1. The lowest BCUT2D eigenvalue weighted by molar-refractivity contribution is -0.113. The van der Waals surface area contributed by atoms with Gasteiger partial charge < -0.3 is 10.1 Å².